The molecule has 0 saturated carbocycles. The second kappa shape index (κ2) is 10.6. The molecule has 2 heterocycles. The lowest BCUT2D eigenvalue weighted by molar-refractivity contribution is -0.104. The number of aryl methyl sites for hydroxylation is 1. The number of rotatable bonds is 10. The van der Waals surface area contributed by atoms with Crippen molar-refractivity contribution in [2.45, 2.75) is 64.5 Å². The molecule has 1 aliphatic rings. The number of nitrogens with one attached hydrogen (secondary N) is 2. The molecule has 3 N–H and O–H groups in total. The van der Waals surface area contributed by atoms with Gasteiger partial charge in [0.1, 0.15) is 6.23 Å². The van der Waals surface area contributed by atoms with Crippen LogP contribution in [0.15, 0.2) is 20.9 Å². The van der Waals surface area contributed by atoms with E-state index in [0.717, 1.165) is 23.8 Å². The first-order valence-electron chi connectivity index (χ1n) is 9.51. The van der Waals surface area contributed by atoms with Crippen LogP contribution in [0.2, 0.25) is 0 Å². The van der Waals surface area contributed by atoms with E-state index in [1.54, 1.807) is 0 Å². The second-order valence-corrected chi connectivity index (χ2v) is 8.52. The third-order valence-corrected chi connectivity index (χ3v) is 5.68. The molecule has 0 bridgehead atoms. The quantitative estimate of drug-likeness (QED) is 0.162. The lowest BCUT2D eigenvalue weighted by Crippen LogP contribution is -2.33. The van der Waals surface area contributed by atoms with E-state index in [9.17, 15) is 23.8 Å². The summed E-state index contributed by atoms with van der Waals surface area (Å²) in [6.45, 7) is 3.73. The van der Waals surface area contributed by atoms with Gasteiger partial charge in [-0.05, 0) is 18.9 Å². The third kappa shape index (κ3) is 6.04. The van der Waals surface area contributed by atoms with Gasteiger partial charge in [-0.2, -0.15) is 0 Å². The highest BCUT2D eigenvalue weighted by Gasteiger charge is 2.43. The summed E-state index contributed by atoms with van der Waals surface area (Å²) in [5.41, 5.74) is 6.46. The molecule has 13 nitrogen and oxygen atoms in total. The van der Waals surface area contributed by atoms with Gasteiger partial charge in [-0.25, -0.2) is 9.36 Å². The van der Waals surface area contributed by atoms with E-state index in [2.05, 4.69) is 20.3 Å². The van der Waals surface area contributed by atoms with Crippen LogP contribution in [0.3, 0.4) is 0 Å². The number of azide groups is 1. The van der Waals surface area contributed by atoms with Gasteiger partial charge in [-0.3, -0.25) is 23.7 Å². The van der Waals surface area contributed by atoms with Crippen LogP contribution in [-0.4, -0.2) is 39.0 Å². The van der Waals surface area contributed by atoms with Gasteiger partial charge in [0.15, 0.2) is 6.29 Å². The summed E-state index contributed by atoms with van der Waals surface area (Å²) in [6, 6.07) is -1.07. The first-order chi connectivity index (χ1) is 14.2. The largest absolute Gasteiger partial charge is 0.417 e. The highest BCUT2D eigenvalue weighted by molar-refractivity contribution is 7.70. The summed E-state index contributed by atoms with van der Waals surface area (Å²) in [5.74, 6) is 0. The van der Waals surface area contributed by atoms with Crippen molar-refractivity contribution in [2.75, 3.05) is 6.54 Å². The maximum atomic E-state index is 12.3. The van der Waals surface area contributed by atoms with Gasteiger partial charge in [-0.15, -0.1) is 0 Å². The lowest BCUT2D eigenvalue weighted by atomic mass is 10.2. The Morgan fingerprint density at radius 2 is 2.23 bits per heavy atom. The summed E-state index contributed by atoms with van der Waals surface area (Å²) < 4.78 is 23.8. The molecule has 1 fully saturated rings. The van der Waals surface area contributed by atoms with E-state index in [0.29, 0.717) is 6.42 Å². The van der Waals surface area contributed by atoms with Crippen molar-refractivity contribution in [1.82, 2.24) is 14.9 Å². The average Bonchev–Trinajstić information content (AvgIpc) is 3.06. The number of ether oxygens (including phenoxy) is 1. The van der Waals surface area contributed by atoms with Gasteiger partial charge in [0.05, 0.1) is 6.04 Å². The van der Waals surface area contributed by atoms with Crippen LogP contribution in [0.4, 0.5) is 4.79 Å². The topological polar surface area (TPSA) is 188 Å². The van der Waals surface area contributed by atoms with Crippen LogP contribution in [0.25, 0.3) is 10.4 Å². The first kappa shape index (κ1) is 23.8. The van der Waals surface area contributed by atoms with Gasteiger partial charge in [0.25, 0.3) is 5.56 Å². The van der Waals surface area contributed by atoms with Crippen molar-refractivity contribution in [3.63, 3.8) is 0 Å². The van der Waals surface area contributed by atoms with Crippen molar-refractivity contribution < 1.29 is 23.5 Å². The molecule has 30 heavy (non-hydrogen) atoms. The van der Waals surface area contributed by atoms with Crippen LogP contribution >= 0.6 is 7.60 Å². The molecule has 0 radical (unpaired) electrons. The monoisotopic (exact) mass is 444 g/mol. The zero-order valence-electron chi connectivity index (χ0n) is 16.7. The Morgan fingerprint density at radius 3 is 2.90 bits per heavy atom. The number of unbranched alkanes of at least 4 members (excludes halogenated alkanes) is 3. The maximum Gasteiger partial charge on any atom is 0.417 e. The number of nitrogens with zero attached hydrogens (tertiary/aromatic N) is 4. The number of aromatic amines is 1. The van der Waals surface area contributed by atoms with E-state index in [4.69, 9.17) is 14.8 Å². The Balaban J connectivity index is 2.10. The van der Waals surface area contributed by atoms with Crippen molar-refractivity contribution >= 4 is 13.2 Å². The van der Waals surface area contributed by atoms with Crippen LogP contribution < -0.4 is 16.6 Å². The average molecular weight is 444 g/mol. The molecule has 0 spiro atoms. The summed E-state index contributed by atoms with van der Waals surface area (Å²) >= 11 is 0. The fraction of sp³-hybridized carbons (Fsp3) is 0.688. The molecule has 1 aromatic rings. The Kier molecular flexibility index (Phi) is 8.39. The minimum absolute atomic E-state index is 0.0707. The molecule has 0 aromatic carbocycles. The zero-order valence-corrected chi connectivity index (χ0v) is 17.6. The van der Waals surface area contributed by atoms with Crippen LogP contribution in [-0.2, 0) is 13.8 Å². The van der Waals surface area contributed by atoms with E-state index < -0.39 is 43.1 Å². The predicted molar refractivity (Wildman–Crippen MR) is 106 cm³/mol. The van der Waals surface area contributed by atoms with Gasteiger partial charge in [0, 0.05) is 29.6 Å². The Hall–Kier alpha value is -2.43. The molecular weight excluding hydrogens is 419 g/mol. The minimum Gasteiger partial charge on any atom is -0.346 e. The molecular formula is C16H25N6O7P. The Bertz CT molecular complexity index is 970. The van der Waals surface area contributed by atoms with Crippen LogP contribution in [0, 0.1) is 6.92 Å². The van der Waals surface area contributed by atoms with E-state index >= 15 is 0 Å². The number of aromatic nitrogens is 2. The van der Waals surface area contributed by atoms with Gasteiger partial charge < -0.3 is 14.9 Å². The predicted octanol–water partition coefficient (Wildman–Crippen LogP) is 2.26. The fourth-order valence-electron chi connectivity index (χ4n) is 2.90. The van der Waals surface area contributed by atoms with Gasteiger partial charge >= 0.3 is 18.9 Å². The number of H-pyrrole nitrogens is 1. The zero-order chi connectivity index (χ0) is 22.3. The van der Waals surface area contributed by atoms with E-state index in [1.165, 1.54) is 13.1 Å². The lowest BCUT2D eigenvalue weighted by Gasteiger charge is -2.20. The molecule has 14 heteroatoms. The Morgan fingerprint density at radius 1 is 1.50 bits per heavy atom. The number of carbonyl (C=O) groups is 1. The van der Waals surface area contributed by atoms with Crippen LogP contribution in [0.1, 0.15) is 50.8 Å². The molecule has 0 aliphatic carbocycles. The molecule has 1 saturated heterocycles. The normalized spacial score (nSPS) is 22.8. The molecule has 1 aliphatic heterocycles. The van der Waals surface area contributed by atoms with Gasteiger partial charge in [0.2, 0.25) is 0 Å². The Labute approximate surface area is 171 Å². The third-order valence-electron chi connectivity index (χ3n) is 4.51. The summed E-state index contributed by atoms with van der Waals surface area (Å²) in [6.07, 6.45) is 2.12. The van der Waals surface area contributed by atoms with Gasteiger partial charge in [-0.1, -0.05) is 31.3 Å². The maximum absolute atomic E-state index is 12.3. The highest BCUT2D eigenvalue weighted by Crippen LogP contribution is 2.47. The standard InChI is InChI=1S/C16H25N6O7P/c1-3-4-5-6-7-18-16(25)30(26,27)29-14-11(20-21-17)8-12(28-14)22-9-10(2)13(23)19-15(22)24/h9,11-12,14H,3-8H2,1-2H3,(H,18,25)(H,26,27)(H,19,23,24). The van der Waals surface area contributed by atoms with E-state index in [1.807, 2.05) is 6.92 Å². The van der Waals surface area contributed by atoms with E-state index in [-0.39, 0.29) is 18.5 Å². The molecule has 1 amide bonds. The molecule has 4 unspecified atom stereocenters. The number of hydrogen-bond acceptors (Lipinski definition) is 7. The smallest absolute Gasteiger partial charge is 0.346 e. The van der Waals surface area contributed by atoms with Crippen molar-refractivity contribution in [3.8, 4) is 0 Å². The highest BCUT2D eigenvalue weighted by atomic mass is 31.2. The molecule has 166 valence electrons. The number of hydrogen-bond donors (Lipinski definition) is 3. The number of amides is 1. The molecule has 1 aromatic heterocycles. The second-order valence-electron chi connectivity index (χ2n) is 6.86. The summed E-state index contributed by atoms with van der Waals surface area (Å²) in [5, 5.41) is 5.81. The summed E-state index contributed by atoms with van der Waals surface area (Å²) in [7, 11) is -4.80. The fourth-order valence-corrected chi connectivity index (χ4v) is 3.78. The van der Waals surface area contributed by atoms with Crippen molar-refractivity contribution in [1.29, 1.82) is 0 Å². The number of carbonyl (C=O) groups excluding carboxylic acids is 1. The SMILES string of the molecule is CCCCCCNC(=O)P(=O)(O)OC1OC(n2cc(C)c(=O)[nH]c2=O)CC1N=[N+]=[N-]. The van der Waals surface area contributed by atoms with Crippen LogP contribution in [0.5, 0.6) is 0 Å². The van der Waals surface area contributed by atoms with Crippen molar-refractivity contribution in [2.24, 2.45) is 5.11 Å². The molecule has 2 rings (SSSR count). The minimum atomic E-state index is -4.80. The summed E-state index contributed by atoms with van der Waals surface area (Å²) in [4.78, 5) is 50.4. The van der Waals surface area contributed by atoms with Crippen molar-refractivity contribution in [3.05, 3.63) is 43.0 Å². The first-order valence-corrected chi connectivity index (χ1v) is 11.1. The molecule has 4 atom stereocenters.